The average molecular weight is 344 g/mol. The average Bonchev–Trinajstić information content (AvgIpc) is 2.67. The molecule has 0 aliphatic heterocycles. The maximum absolute atomic E-state index is 10.7. The van der Waals surface area contributed by atoms with Crippen LogP contribution >= 0.6 is 0 Å². The van der Waals surface area contributed by atoms with E-state index in [4.69, 9.17) is 4.74 Å². The second-order valence-electron chi connectivity index (χ2n) is 6.14. The molecule has 0 heterocycles. The van der Waals surface area contributed by atoms with Gasteiger partial charge < -0.3 is 14.9 Å². The minimum Gasteiger partial charge on any atom is -0.508 e. The van der Waals surface area contributed by atoms with Gasteiger partial charge in [-0.05, 0) is 42.8 Å². The Morgan fingerprint density at radius 2 is 1.58 bits per heavy atom. The Kier molecular flexibility index (Phi) is 5.26. The maximum Gasteiger partial charge on any atom is 0.152 e. The number of phenolic OH excluding ortho intramolecular Hbond substituents is 1. The van der Waals surface area contributed by atoms with Crippen LogP contribution < -0.4 is 4.74 Å². The third kappa shape index (κ3) is 4.44. The highest BCUT2D eigenvalue weighted by atomic mass is 16.5. The van der Waals surface area contributed by atoms with Crippen molar-refractivity contribution in [3.05, 3.63) is 95.6 Å². The summed E-state index contributed by atoms with van der Waals surface area (Å²) in [5, 5.41) is 20.9. The summed E-state index contributed by atoms with van der Waals surface area (Å²) in [5.74, 6) is 6.29. The van der Waals surface area contributed by atoms with Crippen LogP contribution in [0.4, 0.5) is 0 Å². The lowest BCUT2D eigenvalue weighted by molar-refractivity contribution is 0.118. The van der Waals surface area contributed by atoms with Crippen LogP contribution in [0.1, 0.15) is 23.6 Å². The molecule has 0 saturated carbocycles. The molecule has 0 fully saturated rings. The predicted molar refractivity (Wildman–Crippen MR) is 102 cm³/mol. The lowest BCUT2D eigenvalue weighted by Gasteiger charge is -2.19. The third-order valence-corrected chi connectivity index (χ3v) is 3.96. The third-order valence-electron chi connectivity index (χ3n) is 3.96. The first-order valence-electron chi connectivity index (χ1n) is 8.35. The molecular formula is C23H20O3. The van der Waals surface area contributed by atoms with Gasteiger partial charge in [0.25, 0.3) is 0 Å². The minimum absolute atomic E-state index is 0.0237. The van der Waals surface area contributed by atoms with Gasteiger partial charge in [-0.15, -0.1) is 0 Å². The summed E-state index contributed by atoms with van der Waals surface area (Å²) in [6.45, 7) is 1.96. The van der Waals surface area contributed by atoms with Gasteiger partial charge in [-0.3, -0.25) is 0 Å². The van der Waals surface area contributed by atoms with Crippen molar-refractivity contribution < 1.29 is 14.9 Å². The van der Waals surface area contributed by atoms with Crippen molar-refractivity contribution in [3.8, 4) is 23.3 Å². The molecule has 3 aromatic carbocycles. The number of ether oxygens (including phenoxy) is 1. The second kappa shape index (κ2) is 7.77. The molecule has 130 valence electrons. The van der Waals surface area contributed by atoms with Crippen molar-refractivity contribution in [2.24, 2.45) is 0 Å². The first-order valence-corrected chi connectivity index (χ1v) is 8.35. The van der Waals surface area contributed by atoms with E-state index >= 15 is 0 Å². The predicted octanol–water partition coefficient (Wildman–Crippen LogP) is 4.23. The Morgan fingerprint density at radius 3 is 2.27 bits per heavy atom. The Balaban J connectivity index is 1.81. The quantitative estimate of drug-likeness (QED) is 0.696. The summed E-state index contributed by atoms with van der Waals surface area (Å²) >= 11 is 0. The van der Waals surface area contributed by atoms with Gasteiger partial charge in [0, 0.05) is 11.1 Å². The molecule has 0 saturated heterocycles. The molecule has 3 aromatic rings. The zero-order chi connectivity index (χ0) is 18.4. The molecule has 3 nitrogen and oxygen atoms in total. The Morgan fingerprint density at radius 1 is 0.923 bits per heavy atom. The highest BCUT2D eigenvalue weighted by Crippen LogP contribution is 2.32. The molecule has 1 unspecified atom stereocenters. The number of hydrogen-bond donors (Lipinski definition) is 2. The summed E-state index contributed by atoms with van der Waals surface area (Å²) in [5.41, 5.74) is 0.638. The van der Waals surface area contributed by atoms with Gasteiger partial charge in [0.1, 0.15) is 18.1 Å². The Hall–Kier alpha value is -3.22. The number of benzene rings is 3. The molecule has 0 aromatic heterocycles. The first-order chi connectivity index (χ1) is 12.5. The van der Waals surface area contributed by atoms with Crippen LogP contribution in [0.25, 0.3) is 0 Å². The highest BCUT2D eigenvalue weighted by Gasteiger charge is 2.24. The number of phenols is 1. The lowest BCUT2D eigenvalue weighted by Crippen LogP contribution is -2.19. The molecular weight excluding hydrogens is 324 g/mol. The Bertz CT molecular complexity index is 920. The molecule has 0 aliphatic rings. The van der Waals surface area contributed by atoms with Crippen molar-refractivity contribution in [1.82, 2.24) is 0 Å². The molecule has 2 N–H and O–H groups in total. The summed E-state index contributed by atoms with van der Waals surface area (Å²) in [7, 11) is 0. The smallest absolute Gasteiger partial charge is 0.152 e. The van der Waals surface area contributed by atoms with Gasteiger partial charge >= 0.3 is 0 Å². The Labute approximate surface area is 153 Å². The summed E-state index contributed by atoms with van der Waals surface area (Å²) in [6.07, 6.45) is 0. The highest BCUT2D eigenvalue weighted by molar-refractivity contribution is 5.47. The molecule has 0 radical (unpaired) electrons. The van der Waals surface area contributed by atoms with Crippen LogP contribution in [0.15, 0.2) is 78.9 Å². The van der Waals surface area contributed by atoms with Gasteiger partial charge in [0.15, 0.2) is 5.60 Å². The van der Waals surface area contributed by atoms with Gasteiger partial charge in [0.2, 0.25) is 0 Å². The van der Waals surface area contributed by atoms with E-state index < -0.39 is 5.60 Å². The van der Waals surface area contributed by atoms with E-state index in [1.165, 1.54) is 6.07 Å². The fourth-order valence-electron chi connectivity index (χ4n) is 2.52. The van der Waals surface area contributed by atoms with E-state index in [1.807, 2.05) is 60.7 Å². The number of aromatic hydroxyl groups is 1. The monoisotopic (exact) mass is 344 g/mol. The van der Waals surface area contributed by atoms with Gasteiger partial charge in [-0.2, -0.15) is 0 Å². The largest absolute Gasteiger partial charge is 0.508 e. The topological polar surface area (TPSA) is 49.7 Å². The zero-order valence-corrected chi connectivity index (χ0v) is 14.5. The van der Waals surface area contributed by atoms with Crippen molar-refractivity contribution in [3.63, 3.8) is 0 Å². The fraction of sp³-hybridized carbons (Fsp3) is 0.130. The summed E-state index contributed by atoms with van der Waals surface area (Å²) in [4.78, 5) is 0. The summed E-state index contributed by atoms with van der Waals surface area (Å²) < 4.78 is 5.78. The van der Waals surface area contributed by atoms with Crippen LogP contribution in [0.5, 0.6) is 11.5 Å². The zero-order valence-electron chi connectivity index (χ0n) is 14.5. The SMILES string of the molecule is CC(O)(C#Cc1ccccc1)c1cc(OCc2ccccc2)ccc1O. The number of aliphatic hydroxyl groups is 1. The standard InChI is InChI=1S/C23H20O3/c1-23(25,15-14-18-8-4-2-5-9-18)21-16-20(12-13-22(21)24)26-17-19-10-6-3-7-11-19/h2-13,16,24-25H,17H2,1H3. The van der Waals surface area contributed by atoms with Crippen molar-refractivity contribution >= 4 is 0 Å². The van der Waals surface area contributed by atoms with E-state index in [2.05, 4.69) is 11.8 Å². The van der Waals surface area contributed by atoms with Crippen LogP contribution in [-0.4, -0.2) is 10.2 Å². The molecule has 3 heteroatoms. The number of hydrogen-bond acceptors (Lipinski definition) is 3. The normalized spacial score (nSPS) is 12.5. The molecule has 3 rings (SSSR count). The van der Waals surface area contributed by atoms with Gasteiger partial charge in [0.05, 0.1) is 0 Å². The number of rotatable bonds is 4. The van der Waals surface area contributed by atoms with E-state index in [9.17, 15) is 10.2 Å². The second-order valence-corrected chi connectivity index (χ2v) is 6.14. The summed E-state index contributed by atoms with van der Waals surface area (Å²) in [6, 6.07) is 24.0. The lowest BCUT2D eigenvalue weighted by atomic mass is 9.95. The molecule has 0 aliphatic carbocycles. The molecule has 0 bridgehead atoms. The van der Waals surface area contributed by atoms with Crippen LogP contribution in [0.3, 0.4) is 0 Å². The van der Waals surface area contributed by atoms with Crippen LogP contribution in [0, 0.1) is 11.8 Å². The molecule has 26 heavy (non-hydrogen) atoms. The van der Waals surface area contributed by atoms with Crippen molar-refractivity contribution in [2.45, 2.75) is 19.1 Å². The first kappa shape index (κ1) is 17.6. The molecule has 0 amide bonds. The van der Waals surface area contributed by atoms with Crippen molar-refractivity contribution in [2.75, 3.05) is 0 Å². The van der Waals surface area contributed by atoms with E-state index in [0.29, 0.717) is 17.9 Å². The fourth-order valence-corrected chi connectivity index (χ4v) is 2.52. The minimum atomic E-state index is -1.51. The van der Waals surface area contributed by atoms with Crippen LogP contribution in [-0.2, 0) is 12.2 Å². The molecule has 1 atom stereocenters. The van der Waals surface area contributed by atoms with E-state index in [-0.39, 0.29) is 5.75 Å². The van der Waals surface area contributed by atoms with Gasteiger partial charge in [-0.25, -0.2) is 0 Å². The van der Waals surface area contributed by atoms with E-state index in [1.54, 1.807) is 19.1 Å². The van der Waals surface area contributed by atoms with Crippen LogP contribution in [0.2, 0.25) is 0 Å². The molecule has 0 spiro atoms. The maximum atomic E-state index is 10.7. The van der Waals surface area contributed by atoms with Crippen molar-refractivity contribution in [1.29, 1.82) is 0 Å². The van der Waals surface area contributed by atoms with E-state index in [0.717, 1.165) is 11.1 Å². The van der Waals surface area contributed by atoms with Gasteiger partial charge in [-0.1, -0.05) is 60.4 Å².